The molecule has 0 bridgehead atoms. The highest BCUT2D eigenvalue weighted by atomic mass is 16.5. The van der Waals surface area contributed by atoms with Gasteiger partial charge in [0.2, 0.25) is 0 Å². The van der Waals surface area contributed by atoms with Gasteiger partial charge >= 0.3 is 0 Å². The summed E-state index contributed by atoms with van der Waals surface area (Å²) in [5.74, 6) is 1.31. The second-order valence-electron chi connectivity index (χ2n) is 3.65. The van der Waals surface area contributed by atoms with E-state index in [2.05, 4.69) is 0 Å². The molecule has 1 rings (SSSR count). The van der Waals surface area contributed by atoms with Crippen molar-refractivity contribution in [3.63, 3.8) is 0 Å². The van der Waals surface area contributed by atoms with Gasteiger partial charge in [-0.15, -0.1) is 0 Å². The summed E-state index contributed by atoms with van der Waals surface area (Å²) in [4.78, 5) is 10.9. The fourth-order valence-corrected chi connectivity index (χ4v) is 1.49. The van der Waals surface area contributed by atoms with Crippen LogP contribution >= 0.6 is 0 Å². The summed E-state index contributed by atoms with van der Waals surface area (Å²) in [6.07, 6.45) is 1.61. The van der Waals surface area contributed by atoms with E-state index >= 15 is 0 Å². The van der Waals surface area contributed by atoms with Crippen molar-refractivity contribution in [3.05, 3.63) is 23.3 Å². The fraction of sp³-hybridized carbons (Fsp3) is 0.462. The van der Waals surface area contributed by atoms with Gasteiger partial charge in [-0.05, 0) is 13.0 Å². The normalized spacial score (nSPS) is 10.1. The van der Waals surface area contributed by atoms with Gasteiger partial charge in [0.25, 0.3) is 0 Å². The molecule has 0 unspecified atom stereocenters. The second kappa shape index (κ2) is 6.91. The van der Waals surface area contributed by atoms with E-state index in [4.69, 9.17) is 14.2 Å². The van der Waals surface area contributed by atoms with E-state index in [0.29, 0.717) is 30.3 Å². The van der Waals surface area contributed by atoms with Crippen molar-refractivity contribution in [2.24, 2.45) is 0 Å². The van der Waals surface area contributed by atoms with E-state index in [9.17, 15) is 4.79 Å². The van der Waals surface area contributed by atoms with Crippen LogP contribution in [0.1, 0.15) is 22.3 Å². The van der Waals surface area contributed by atoms with E-state index in [1.54, 1.807) is 26.4 Å². The molecule has 0 radical (unpaired) electrons. The number of methoxy groups -OCH3 is 2. The number of hydrogen-bond acceptors (Lipinski definition) is 4. The van der Waals surface area contributed by atoms with Gasteiger partial charge in [0, 0.05) is 37.3 Å². The predicted molar refractivity (Wildman–Crippen MR) is 65.1 cm³/mol. The molecule has 0 aromatic heterocycles. The molecule has 1 aromatic carbocycles. The first kappa shape index (κ1) is 13.5. The van der Waals surface area contributed by atoms with Crippen LogP contribution in [0.25, 0.3) is 0 Å². The molecule has 0 saturated heterocycles. The highest BCUT2D eigenvalue weighted by Gasteiger charge is 2.07. The summed E-state index contributed by atoms with van der Waals surface area (Å²) >= 11 is 0. The van der Waals surface area contributed by atoms with Crippen LogP contribution in [0, 0.1) is 6.92 Å². The molecule has 0 amide bonds. The minimum Gasteiger partial charge on any atom is -0.496 e. The van der Waals surface area contributed by atoms with Gasteiger partial charge in [-0.1, -0.05) is 0 Å². The predicted octanol–water partition coefficient (Wildman–Crippen LogP) is 2.23. The Morgan fingerprint density at radius 1 is 1.24 bits per heavy atom. The quantitative estimate of drug-likeness (QED) is 0.539. The third-order valence-electron chi connectivity index (χ3n) is 2.48. The Balaban J connectivity index is 2.75. The number of aldehydes is 1. The molecule has 0 spiro atoms. The second-order valence-corrected chi connectivity index (χ2v) is 3.65. The van der Waals surface area contributed by atoms with Crippen molar-refractivity contribution in [2.45, 2.75) is 13.3 Å². The molecule has 0 N–H and O–H groups in total. The maximum atomic E-state index is 10.9. The summed E-state index contributed by atoms with van der Waals surface area (Å²) in [6, 6.07) is 3.51. The molecular weight excluding hydrogens is 220 g/mol. The van der Waals surface area contributed by atoms with Crippen LogP contribution in [-0.4, -0.2) is 33.7 Å². The van der Waals surface area contributed by atoms with Gasteiger partial charge < -0.3 is 14.2 Å². The van der Waals surface area contributed by atoms with E-state index < -0.39 is 0 Å². The average molecular weight is 238 g/mol. The van der Waals surface area contributed by atoms with Crippen LogP contribution in [0.4, 0.5) is 0 Å². The molecule has 0 aliphatic heterocycles. The topological polar surface area (TPSA) is 44.8 Å². The standard InChI is InChI=1S/C13H18O4/c1-10-11(9-14)7-12(8-13(10)16-3)17-6-4-5-15-2/h7-9H,4-6H2,1-3H3. The molecular formula is C13H18O4. The van der Waals surface area contributed by atoms with Crippen molar-refractivity contribution in [2.75, 3.05) is 27.4 Å². The van der Waals surface area contributed by atoms with Crippen molar-refractivity contribution >= 4 is 6.29 Å². The van der Waals surface area contributed by atoms with Crippen LogP contribution < -0.4 is 9.47 Å². The molecule has 0 aliphatic rings. The Hall–Kier alpha value is -1.55. The first-order valence-electron chi connectivity index (χ1n) is 5.48. The fourth-order valence-electron chi connectivity index (χ4n) is 1.49. The van der Waals surface area contributed by atoms with Crippen LogP contribution in [-0.2, 0) is 4.74 Å². The van der Waals surface area contributed by atoms with Crippen molar-refractivity contribution in [1.29, 1.82) is 0 Å². The molecule has 94 valence electrons. The largest absolute Gasteiger partial charge is 0.496 e. The summed E-state index contributed by atoms with van der Waals surface area (Å²) in [6.45, 7) is 3.05. The van der Waals surface area contributed by atoms with Crippen molar-refractivity contribution in [1.82, 2.24) is 0 Å². The van der Waals surface area contributed by atoms with Crippen molar-refractivity contribution in [3.8, 4) is 11.5 Å². The summed E-state index contributed by atoms with van der Waals surface area (Å²) in [7, 11) is 3.23. The Labute approximate surface area is 101 Å². The zero-order chi connectivity index (χ0) is 12.7. The van der Waals surface area contributed by atoms with Crippen LogP contribution in [0.15, 0.2) is 12.1 Å². The lowest BCUT2D eigenvalue weighted by molar-refractivity contribution is 0.112. The SMILES string of the molecule is COCCCOc1cc(C=O)c(C)c(OC)c1. The minimum atomic E-state index is 0.554. The third-order valence-corrected chi connectivity index (χ3v) is 2.48. The van der Waals surface area contributed by atoms with Gasteiger partial charge in [0.05, 0.1) is 13.7 Å². The van der Waals surface area contributed by atoms with Gasteiger partial charge in [0.1, 0.15) is 11.5 Å². The Morgan fingerprint density at radius 3 is 2.59 bits per heavy atom. The van der Waals surface area contributed by atoms with E-state index in [1.807, 2.05) is 6.92 Å². The number of ether oxygens (including phenoxy) is 3. The number of hydrogen-bond donors (Lipinski definition) is 0. The smallest absolute Gasteiger partial charge is 0.150 e. The lowest BCUT2D eigenvalue weighted by Crippen LogP contribution is -2.03. The van der Waals surface area contributed by atoms with Gasteiger partial charge in [0.15, 0.2) is 6.29 Å². The molecule has 0 fully saturated rings. The molecule has 17 heavy (non-hydrogen) atoms. The maximum Gasteiger partial charge on any atom is 0.150 e. The van der Waals surface area contributed by atoms with E-state index in [0.717, 1.165) is 18.3 Å². The number of carbonyl (C=O) groups is 1. The van der Waals surface area contributed by atoms with Crippen molar-refractivity contribution < 1.29 is 19.0 Å². The molecule has 4 heteroatoms. The Kier molecular flexibility index (Phi) is 5.49. The Morgan fingerprint density at radius 2 is 2.00 bits per heavy atom. The summed E-state index contributed by atoms with van der Waals surface area (Å²) < 4.78 is 15.6. The highest BCUT2D eigenvalue weighted by molar-refractivity contribution is 5.79. The molecule has 0 aliphatic carbocycles. The monoisotopic (exact) mass is 238 g/mol. The molecule has 1 aromatic rings. The van der Waals surface area contributed by atoms with Gasteiger partial charge in [-0.3, -0.25) is 4.79 Å². The van der Waals surface area contributed by atoms with Gasteiger partial charge in [-0.25, -0.2) is 0 Å². The lowest BCUT2D eigenvalue weighted by atomic mass is 10.1. The Bertz CT molecular complexity index is 374. The molecule has 0 saturated carbocycles. The zero-order valence-electron chi connectivity index (χ0n) is 10.5. The highest BCUT2D eigenvalue weighted by Crippen LogP contribution is 2.27. The maximum absolute atomic E-state index is 10.9. The number of carbonyl (C=O) groups excluding carboxylic acids is 1. The van der Waals surface area contributed by atoms with Crippen LogP contribution in [0.2, 0.25) is 0 Å². The number of benzene rings is 1. The van der Waals surface area contributed by atoms with Crippen LogP contribution in [0.3, 0.4) is 0 Å². The first-order chi connectivity index (χ1) is 8.22. The average Bonchev–Trinajstić information content (AvgIpc) is 2.36. The van der Waals surface area contributed by atoms with Crippen LogP contribution in [0.5, 0.6) is 11.5 Å². The summed E-state index contributed by atoms with van der Waals surface area (Å²) in [5, 5.41) is 0. The summed E-state index contributed by atoms with van der Waals surface area (Å²) in [5.41, 5.74) is 1.41. The molecule has 0 atom stereocenters. The molecule has 0 heterocycles. The van der Waals surface area contributed by atoms with Gasteiger partial charge in [-0.2, -0.15) is 0 Å². The van der Waals surface area contributed by atoms with E-state index in [1.165, 1.54) is 0 Å². The lowest BCUT2D eigenvalue weighted by Gasteiger charge is -2.11. The molecule has 4 nitrogen and oxygen atoms in total. The zero-order valence-corrected chi connectivity index (χ0v) is 10.5. The third kappa shape index (κ3) is 3.75. The minimum absolute atomic E-state index is 0.554. The van der Waals surface area contributed by atoms with E-state index in [-0.39, 0.29) is 0 Å². The first-order valence-corrected chi connectivity index (χ1v) is 5.48. The number of rotatable bonds is 7.